The molecule has 3 rings (SSSR count). The van der Waals surface area contributed by atoms with Crippen LogP contribution in [-0.4, -0.2) is 22.3 Å². The van der Waals surface area contributed by atoms with Crippen molar-refractivity contribution in [2.45, 2.75) is 6.92 Å². The lowest BCUT2D eigenvalue weighted by Crippen LogP contribution is -2.13. The summed E-state index contributed by atoms with van der Waals surface area (Å²) in [4.78, 5) is 27.1. The summed E-state index contributed by atoms with van der Waals surface area (Å²) in [6.07, 6.45) is 0. The van der Waals surface area contributed by atoms with Crippen molar-refractivity contribution in [3.05, 3.63) is 88.0 Å². The SMILES string of the molecule is Cc1ccc(-c2ccc([N+](=O)[O-])c(OCC(=O)c3ccccc3)n2)cc1. The zero-order valence-electron chi connectivity index (χ0n) is 14.1. The van der Waals surface area contributed by atoms with E-state index in [9.17, 15) is 14.9 Å². The van der Waals surface area contributed by atoms with Crippen molar-refractivity contribution in [3.8, 4) is 17.1 Å². The molecule has 0 saturated heterocycles. The van der Waals surface area contributed by atoms with Crippen LogP contribution in [0.2, 0.25) is 0 Å². The molecule has 1 aromatic heterocycles. The highest BCUT2D eigenvalue weighted by Crippen LogP contribution is 2.29. The van der Waals surface area contributed by atoms with E-state index >= 15 is 0 Å². The number of pyridine rings is 1. The van der Waals surface area contributed by atoms with Crippen LogP contribution >= 0.6 is 0 Å². The van der Waals surface area contributed by atoms with Crippen molar-refractivity contribution in [3.63, 3.8) is 0 Å². The van der Waals surface area contributed by atoms with Gasteiger partial charge in [-0.25, -0.2) is 4.98 Å². The zero-order valence-corrected chi connectivity index (χ0v) is 14.1. The molecule has 130 valence electrons. The van der Waals surface area contributed by atoms with Crippen LogP contribution in [0.15, 0.2) is 66.7 Å². The lowest BCUT2D eigenvalue weighted by molar-refractivity contribution is -0.386. The first-order chi connectivity index (χ1) is 12.5. The molecule has 0 aliphatic rings. The average molecular weight is 348 g/mol. The molecule has 0 aliphatic heterocycles. The van der Waals surface area contributed by atoms with Crippen molar-refractivity contribution < 1.29 is 14.5 Å². The van der Waals surface area contributed by atoms with E-state index < -0.39 is 4.92 Å². The molecular weight excluding hydrogens is 332 g/mol. The predicted molar refractivity (Wildman–Crippen MR) is 97.3 cm³/mol. The van der Waals surface area contributed by atoms with Crippen molar-refractivity contribution in [1.29, 1.82) is 0 Å². The standard InChI is InChI=1S/C20H16N2O4/c1-14-7-9-15(10-8-14)17-11-12-18(22(24)25)20(21-17)26-13-19(23)16-5-3-2-4-6-16/h2-12H,13H2,1H3. The van der Waals surface area contributed by atoms with E-state index in [1.807, 2.05) is 31.2 Å². The third-order valence-electron chi connectivity index (χ3n) is 3.82. The van der Waals surface area contributed by atoms with Gasteiger partial charge in [-0.05, 0) is 13.0 Å². The van der Waals surface area contributed by atoms with Crippen LogP contribution in [0, 0.1) is 17.0 Å². The number of nitro groups is 1. The average Bonchev–Trinajstić information content (AvgIpc) is 2.67. The summed E-state index contributed by atoms with van der Waals surface area (Å²) in [6.45, 7) is 1.64. The second kappa shape index (κ2) is 7.57. The fraction of sp³-hybridized carbons (Fsp3) is 0.100. The first kappa shape index (κ1) is 17.3. The Morgan fingerprint density at radius 1 is 1.04 bits per heavy atom. The van der Waals surface area contributed by atoms with E-state index in [2.05, 4.69) is 4.98 Å². The van der Waals surface area contributed by atoms with Crippen molar-refractivity contribution in [2.24, 2.45) is 0 Å². The first-order valence-corrected chi connectivity index (χ1v) is 7.98. The number of ether oxygens (including phenoxy) is 1. The van der Waals surface area contributed by atoms with Gasteiger partial charge in [-0.15, -0.1) is 0 Å². The van der Waals surface area contributed by atoms with Crippen molar-refractivity contribution in [2.75, 3.05) is 6.61 Å². The molecule has 3 aromatic rings. The number of ketones is 1. The first-order valence-electron chi connectivity index (χ1n) is 7.98. The van der Waals surface area contributed by atoms with Crippen LogP contribution < -0.4 is 4.74 Å². The monoisotopic (exact) mass is 348 g/mol. The summed E-state index contributed by atoms with van der Waals surface area (Å²) in [5.41, 5.74) is 2.65. The maximum Gasteiger partial charge on any atom is 0.331 e. The van der Waals surface area contributed by atoms with Crippen LogP contribution in [0.4, 0.5) is 5.69 Å². The molecule has 0 atom stereocenters. The van der Waals surface area contributed by atoms with E-state index in [1.165, 1.54) is 6.07 Å². The molecular formula is C20H16N2O4. The predicted octanol–water partition coefficient (Wildman–Crippen LogP) is 4.23. The van der Waals surface area contributed by atoms with Gasteiger partial charge < -0.3 is 4.74 Å². The van der Waals surface area contributed by atoms with Gasteiger partial charge in [0, 0.05) is 17.2 Å². The van der Waals surface area contributed by atoms with Gasteiger partial charge in [0.05, 0.1) is 10.6 Å². The lowest BCUT2D eigenvalue weighted by Gasteiger charge is -2.08. The van der Waals surface area contributed by atoms with Gasteiger partial charge >= 0.3 is 5.69 Å². The maximum absolute atomic E-state index is 12.2. The Hall–Kier alpha value is -3.54. The van der Waals surface area contributed by atoms with Crippen LogP contribution in [0.3, 0.4) is 0 Å². The Morgan fingerprint density at radius 2 is 1.73 bits per heavy atom. The smallest absolute Gasteiger partial charge is 0.331 e. The molecule has 0 fully saturated rings. The molecule has 26 heavy (non-hydrogen) atoms. The number of Topliss-reactive ketones (excluding diaryl/α,β-unsaturated/α-hetero) is 1. The summed E-state index contributed by atoms with van der Waals surface area (Å²) in [5, 5.41) is 11.2. The van der Waals surface area contributed by atoms with Gasteiger partial charge in [-0.1, -0.05) is 60.2 Å². The molecule has 6 heteroatoms. The largest absolute Gasteiger partial charge is 0.464 e. The number of aryl methyl sites for hydroxylation is 1. The molecule has 1 heterocycles. The summed E-state index contributed by atoms with van der Waals surface area (Å²) in [7, 11) is 0. The third-order valence-corrected chi connectivity index (χ3v) is 3.82. The fourth-order valence-corrected chi connectivity index (χ4v) is 2.40. The molecule has 0 radical (unpaired) electrons. The van der Waals surface area contributed by atoms with E-state index in [-0.39, 0.29) is 24.0 Å². The second-order valence-electron chi connectivity index (χ2n) is 5.72. The highest BCUT2D eigenvalue weighted by Gasteiger charge is 2.19. The molecule has 6 nitrogen and oxygen atoms in total. The summed E-state index contributed by atoms with van der Waals surface area (Å²) in [5.74, 6) is -0.445. The summed E-state index contributed by atoms with van der Waals surface area (Å²) in [6, 6.07) is 19.1. The lowest BCUT2D eigenvalue weighted by atomic mass is 10.1. The highest BCUT2D eigenvalue weighted by atomic mass is 16.6. The number of hydrogen-bond donors (Lipinski definition) is 0. The van der Waals surface area contributed by atoms with Gasteiger partial charge in [0.2, 0.25) is 0 Å². The number of carbonyl (C=O) groups is 1. The Kier molecular flexibility index (Phi) is 5.03. The normalized spacial score (nSPS) is 10.3. The van der Waals surface area contributed by atoms with E-state index in [1.54, 1.807) is 36.4 Å². The van der Waals surface area contributed by atoms with Crippen LogP contribution in [0.1, 0.15) is 15.9 Å². The minimum absolute atomic E-state index is 0.169. The number of benzene rings is 2. The molecule has 0 amide bonds. The van der Waals surface area contributed by atoms with Crippen LogP contribution in [0.5, 0.6) is 5.88 Å². The van der Waals surface area contributed by atoms with E-state index in [0.717, 1.165) is 11.1 Å². The summed E-state index contributed by atoms with van der Waals surface area (Å²) >= 11 is 0. The molecule has 2 aromatic carbocycles. The van der Waals surface area contributed by atoms with Crippen molar-refractivity contribution >= 4 is 11.5 Å². The Labute approximate surface area is 150 Å². The number of nitrogens with zero attached hydrogens (tertiary/aromatic N) is 2. The minimum atomic E-state index is -0.575. The number of rotatable bonds is 6. The highest BCUT2D eigenvalue weighted by molar-refractivity contribution is 5.97. The molecule has 0 N–H and O–H groups in total. The minimum Gasteiger partial charge on any atom is -0.464 e. The third kappa shape index (κ3) is 3.92. The second-order valence-corrected chi connectivity index (χ2v) is 5.72. The van der Waals surface area contributed by atoms with Crippen LogP contribution in [-0.2, 0) is 0 Å². The quantitative estimate of drug-likeness (QED) is 0.378. The molecule has 0 aliphatic carbocycles. The Bertz CT molecular complexity index is 938. The van der Waals surface area contributed by atoms with Gasteiger partial charge in [-0.2, -0.15) is 0 Å². The number of aromatic nitrogens is 1. The van der Waals surface area contributed by atoms with Gasteiger partial charge in [0.15, 0.2) is 12.4 Å². The van der Waals surface area contributed by atoms with Gasteiger partial charge in [-0.3, -0.25) is 14.9 Å². The summed E-state index contributed by atoms with van der Waals surface area (Å²) < 4.78 is 5.40. The van der Waals surface area contributed by atoms with Crippen molar-refractivity contribution in [1.82, 2.24) is 4.98 Å². The molecule has 0 unspecified atom stereocenters. The van der Waals surface area contributed by atoms with E-state index in [0.29, 0.717) is 11.3 Å². The topological polar surface area (TPSA) is 82.3 Å². The molecule has 0 bridgehead atoms. The Balaban J connectivity index is 1.86. The maximum atomic E-state index is 12.2. The van der Waals surface area contributed by atoms with Gasteiger partial charge in [0.25, 0.3) is 5.88 Å². The fourth-order valence-electron chi connectivity index (χ4n) is 2.40. The number of hydrogen-bond acceptors (Lipinski definition) is 5. The Morgan fingerprint density at radius 3 is 2.38 bits per heavy atom. The number of carbonyl (C=O) groups excluding carboxylic acids is 1. The zero-order chi connectivity index (χ0) is 18.5. The molecule has 0 spiro atoms. The van der Waals surface area contributed by atoms with E-state index in [4.69, 9.17) is 4.74 Å². The van der Waals surface area contributed by atoms with Gasteiger partial charge in [0.1, 0.15) is 0 Å². The molecule has 0 saturated carbocycles. The van der Waals surface area contributed by atoms with Crippen LogP contribution in [0.25, 0.3) is 11.3 Å².